The third-order valence-corrected chi connectivity index (χ3v) is 2.30. The largest absolute Gasteiger partial charge is 0.349 e. The number of ketones is 1. The van der Waals surface area contributed by atoms with E-state index >= 15 is 0 Å². The molecule has 72 valence electrons. The van der Waals surface area contributed by atoms with Crippen molar-refractivity contribution in [2.45, 2.75) is 12.3 Å². The number of Topliss-reactive ketones (excluding diaryl/α,β-unsaturated/α-hetero) is 1. The second-order valence-electron chi connectivity index (χ2n) is 3.29. The van der Waals surface area contributed by atoms with Crippen LogP contribution in [0.1, 0.15) is 18.0 Å². The van der Waals surface area contributed by atoms with Crippen LogP contribution in [0, 0.1) is 0 Å². The van der Waals surface area contributed by atoms with Crippen LogP contribution in [0.3, 0.4) is 0 Å². The standard InChI is InChI=1S/C10H10N2O2/c13-9-5-7(6-12-10(9)14)8-3-1-2-4-11-8/h1-4,7H,5-6H2,(H,12,14)/t7-/m0/s1. The molecule has 4 heteroatoms. The Bertz CT molecular complexity index is 362. The van der Waals surface area contributed by atoms with E-state index < -0.39 is 5.91 Å². The van der Waals surface area contributed by atoms with E-state index in [0.717, 1.165) is 5.69 Å². The Morgan fingerprint density at radius 3 is 2.86 bits per heavy atom. The average Bonchev–Trinajstić information content (AvgIpc) is 2.23. The van der Waals surface area contributed by atoms with Crippen molar-refractivity contribution >= 4 is 11.7 Å². The Balaban J connectivity index is 2.14. The molecule has 0 bridgehead atoms. The lowest BCUT2D eigenvalue weighted by atomic mass is 9.94. The number of nitrogens with one attached hydrogen (secondary N) is 1. The number of hydrogen-bond donors (Lipinski definition) is 1. The van der Waals surface area contributed by atoms with Gasteiger partial charge in [0, 0.05) is 30.8 Å². The van der Waals surface area contributed by atoms with Gasteiger partial charge in [-0.15, -0.1) is 0 Å². The molecule has 14 heavy (non-hydrogen) atoms. The van der Waals surface area contributed by atoms with Crippen molar-refractivity contribution in [2.24, 2.45) is 0 Å². The van der Waals surface area contributed by atoms with E-state index in [1.165, 1.54) is 0 Å². The van der Waals surface area contributed by atoms with Gasteiger partial charge in [-0.1, -0.05) is 6.07 Å². The third-order valence-electron chi connectivity index (χ3n) is 2.30. The van der Waals surface area contributed by atoms with Gasteiger partial charge in [0.2, 0.25) is 5.78 Å². The first kappa shape index (κ1) is 8.87. The quantitative estimate of drug-likeness (QED) is 0.646. The molecule has 0 radical (unpaired) electrons. The van der Waals surface area contributed by atoms with Gasteiger partial charge in [0.1, 0.15) is 0 Å². The van der Waals surface area contributed by atoms with Crippen molar-refractivity contribution in [1.29, 1.82) is 0 Å². The highest BCUT2D eigenvalue weighted by Crippen LogP contribution is 2.19. The number of hydrogen-bond acceptors (Lipinski definition) is 3. The fourth-order valence-electron chi connectivity index (χ4n) is 1.53. The van der Waals surface area contributed by atoms with E-state index in [4.69, 9.17) is 0 Å². The predicted molar refractivity (Wildman–Crippen MR) is 49.6 cm³/mol. The summed E-state index contributed by atoms with van der Waals surface area (Å²) < 4.78 is 0. The summed E-state index contributed by atoms with van der Waals surface area (Å²) in [5.41, 5.74) is 0.862. The van der Waals surface area contributed by atoms with E-state index in [1.807, 2.05) is 18.2 Å². The van der Waals surface area contributed by atoms with Crippen LogP contribution in [0.15, 0.2) is 24.4 Å². The monoisotopic (exact) mass is 190 g/mol. The zero-order valence-electron chi connectivity index (χ0n) is 7.56. The molecule has 0 spiro atoms. The van der Waals surface area contributed by atoms with Gasteiger partial charge in [0.15, 0.2) is 0 Å². The van der Waals surface area contributed by atoms with Crippen molar-refractivity contribution in [1.82, 2.24) is 10.3 Å². The molecule has 1 N–H and O–H groups in total. The van der Waals surface area contributed by atoms with E-state index in [9.17, 15) is 9.59 Å². The summed E-state index contributed by atoms with van der Waals surface area (Å²) in [6, 6.07) is 5.57. The van der Waals surface area contributed by atoms with Gasteiger partial charge in [0.25, 0.3) is 5.91 Å². The third kappa shape index (κ3) is 1.64. The molecule has 1 atom stereocenters. The maximum Gasteiger partial charge on any atom is 0.287 e. The molecule has 0 aromatic carbocycles. The molecule has 4 nitrogen and oxygen atoms in total. The molecule has 1 aliphatic heterocycles. The minimum atomic E-state index is -0.475. The maximum absolute atomic E-state index is 11.1. The summed E-state index contributed by atoms with van der Waals surface area (Å²) in [6.07, 6.45) is 1.96. The first-order chi connectivity index (χ1) is 6.77. The molecule has 1 saturated heterocycles. The highest BCUT2D eigenvalue weighted by molar-refractivity contribution is 6.36. The average molecular weight is 190 g/mol. The van der Waals surface area contributed by atoms with Gasteiger partial charge in [-0.05, 0) is 12.1 Å². The van der Waals surface area contributed by atoms with Crippen LogP contribution in [0.5, 0.6) is 0 Å². The molecule has 1 aromatic rings. The minimum Gasteiger partial charge on any atom is -0.349 e. The predicted octanol–water partition coefficient (Wildman–Crippen LogP) is 0.254. The smallest absolute Gasteiger partial charge is 0.287 e. The van der Waals surface area contributed by atoms with Gasteiger partial charge >= 0.3 is 0 Å². The molecule has 2 rings (SSSR count). The lowest BCUT2D eigenvalue weighted by Gasteiger charge is -2.20. The van der Waals surface area contributed by atoms with Crippen LogP contribution >= 0.6 is 0 Å². The van der Waals surface area contributed by atoms with Crippen molar-refractivity contribution in [3.05, 3.63) is 30.1 Å². The molecule has 1 aromatic heterocycles. The lowest BCUT2D eigenvalue weighted by Crippen LogP contribution is -2.41. The molecule has 0 aliphatic carbocycles. The summed E-state index contributed by atoms with van der Waals surface area (Å²) >= 11 is 0. The van der Waals surface area contributed by atoms with Gasteiger partial charge < -0.3 is 5.32 Å². The van der Waals surface area contributed by atoms with Crippen molar-refractivity contribution in [2.75, 3.05) is 6.54 Å². The van der Waals surface area contributed by atoms with Crippen LogP contribution in [0.2, 0.25) is 0 Å². The Morgan fingerprint density at radius 2 is 2.21 bits per heavy atom. The van der Waals surface area contributed by atoms with Gasteiger partial charge in [-0.3, -0.25) is 14.6 Å². The zero-order valence-corrected chi connectivity index (χ0v) is 7.56. The number of piperidine rings is 1. The number of carbonyl (C=O) groups is 2. The lowest BCUT2D eigenvalue weighted by molar-refractivity contribution is -0.139. The summed E-state index contributed by atoms with van der Waals surface area (Å²) in [7, 11) is 0. The van der Waals surface area contributed by atoms with E-state index in [2.05, 4.69) is 10.3 Å². The SMILES string of the molecule is O=C1C[C@H](c2ccccn2)CNC1=O. The summed E-state index contributed by atoms with van der Waals surface area (Å²) in [5, 5.41) is 2.55. The minimum absolute atomic E-state index is 0.0291. The van der Waals surface area contributed by atoms with Crippen LogP contribution in [0.4, 0.5) is 0 Å². The molecule has 1 aliphatic rings. The Hall–Kier alpha value is -1.71. The highest BCUT2D eigenvalue weighted by Gasteiger charge is 2.27. The number of rotatable bonds is 1. The van der Waals surface area contributed by atoms with E-state index in [0.29, 0.717) is 6.54 Å². The molecule has 0 saturated carbocycles. The first-order valence-corrected chi connectivity index (χ1v) is 4.49. The number of nitrogens with zero attached hydrogens (tertiary/aromatic N) is 1. The summed E-state index contributed by atoms with van der Waals surface area (Å²) in [5.74, 6) is -0.800. The van der Waals surface area contributed by atoms with Crippen molar-refractivity contribution in [3.63, 3.8) is 0 Å². The second kappa shape index (κ2) is 3.57. The Morgan fingerprint density at radius 1 is 1.36 bits per heavy atom. The Kier molecular flexibility index (Phi) is 2.26. The van der Waals surface area contributed by atoms with Gasteiger partial charge in [0.05, 0.1) is 0 Å². The van der Waals surface area contributed by atoms with Crippen LogP contribution < -0.4 is 5.32 Å². The molecule has 2 heterocycles. The van der Waals surface area contributed by atoms with Crippen LogP contribution in [-0.4, -0.2) is 23.2 Å². The van der Waals surface area contributed by atoms with Gasteiger partial charge in [-0.25, -0.2) is 0 Å². The fourth-order valence-corrected chi connectivity index (χ4v) is 1.53. The van der Waals surface area contributed by atoms with Crippen molar-refractivity contribution in [3.8, 4) is 0 Å². The highest BCUT2D eigenvalue weighted by atomic mass is 16.2. The Labute approximate surface area is 81.3 Å². The molecule has 1 fully saturated rings. The van der Waals surface area contributed by atoms with Crippen molar-refractivity contribution < 1.29 is 9.59 Å². The van der Waals surface area contributed by atoms with Gasteiger partial charge in [-0.2, -0.15) is 0 Å². The second-order valence-corrected chi connectivity index (χ2v) is 3.29. The fraction of sp³-hybridized carbons (Fsp3) is 0.300. The maximum atomic E-state index is 11.1. The molecule has 0 unspecified atom stereocenters. The normalized spacial score (nSPS) is 21.9. The molecule has 1 amide bonds. The van der Waals surface area contributed by atoms with E-state index in [-0.39, 0.29) is 18.1 Å². The first-order valence-electron chi connectivity index (χ1n) is 4.49. The van der Waals surface area contributed by atoms with Crippen LogP contribution in [0.25, 0.3) is 0 Å². The number of carbonyl (C=O) groups excluding carboxylic acids is 2. The van der Waals surface area contributed by atoms with Crippen LogP contribution in [-0.2, 0) is 9.59 Å². The molecular formula is C10H10N2O2. The zero-order chi connectivity index (χ0) is 9.97. The summed E-state index contributed by atoms with van der Waals surface area (Å²) in [6.45, 7) is 0.502. The topological polar surface area (TPSA) is 59.1 Å². The number of aromatic nitrogens is 1. The van der Waals surface area contributed by atoms with E-state index in [1.54, 1.807) is 6.20 Å². The number of pyridine rings is 1. The molecular weight excluding hydrogens is 180 g/mol. The summed E-state index contributed by atoms with van der Waals surface area (Å²) in [4.78, 5) is 26.2. The number of amides is 1.